The topological polar surface area (TPSA) is 59.6 Å². The Morgan fingerprint density at radius 2 is 1.92 bits per heavy atom. The number of nitrogens with one attached hydrogen (secondary N) is 1. The van der Waals surface area contributed by atoms with Crippen LogP contribution in [0.1, 0.15) is 10.4 Å². The van der Waals surface area contributed by atoms with Gasteiger partial charge in [0.15, 0.2) is 5.96 Å². The maximum atomic E-state index is 12.4. The molecule has 1 heterocycles. The first-order valence-corrected chi connectivity index (χ1v) is 8.19. The lowest BCUT2D eigenvalue weighted by Gasteiger charge is -2.10. The second-order valence-electron chi connectivity index (χ2n) is 4.89. The number of nitrogens with zero attached hydrogens (tertiary/aromatic N) is 1. The maximum Gasteiger partial charge on any atom is 0.416 e. The second-order valence-corrected chi connectivity index (χ2v) is 5.93. The maximum absolute atomic E-state index is 12.4. The average molecular weight is 485 g/mol. The van der Waals surface area contributed by atoms with Crippen LogP contribution in [0.4, 0.5) is 13.2 Å². The summed E-state index contributed by atoms with van der Waals surface area (Å²) < 4.78 is 42.6. The Balaban J connectivity index is 0.00000312. The number of alkyl halides is 3. The van der Waals surface area contributed by atoms with E-state index < -0.39 is 11.7 Å². The van der Waals surface area contributed by atoms with Gasteiger partial charge in [-0.1, -0.05) is 6.07 Å². The fraction of sp³-hybridized carbons (Fsp3) is 0.312. The first kappa shape index (κ1) is 21.6. The molecule has 0 bridgehead atoms. The van der Waals surface area contributed by atoms with Crippen molar-refractivity contribution in [3.63, 3.8) is 0 Å². The summed E-state index contributed by atoms with van der Waals surface area (Å²) in [7, 11) is 0. The van der Waals surface area contributed by atoms with Gasteiger partial charge in [0.1, 0.15) is 12.4 Å². The minimum atomic E-state index is -4.34. The Bertz CT molecular complexity index is 646. The van der Waals surface area contributed by atoms with Gasteiger partial charge < -0.3 is 15.8 Å². The summed E-state index contributed by atoms with van der Waals surface area (Å²) in [4.78, 5) is 5.44. The Hall–Kier alpha value is -1.49. The van der Waals surface area contributed by atoms with Gasteiger partial charge >= 0.3 is 6.18 Å². The molecule has 25 heavy (non-hydrogen) atoms. The molecule has 0 fully saturated rings. The highest BCUT2D eigenvalue weighted by molar-refractivity contribution is 14.0. The molecule has 3 N–H and O–H groups in total. The molecular formula is C16H19F3IN3OS. The van der Waals surface area contributed by atoms with Gasteiger partial charge in [0.25, 0.3) is 0 Å². The van der Waals surface area contributed by atoms with E-state index in [0.29, 0.717) is 24.8 Å². The van der Waals surface area contributed by atoms with Crippen LogP contribution in [-0.2, 0) is 12.6 Å². The molecule has 0 aliphatic heterocycles. The van der Waals surface area contributed by atoms with Crippen LogP contribution in [0.25, 0.3) is 0 Å². The SMILES string of the molecule is I.NC(=NCCc1cccs1)NCCOc1ccc(C(F)(F)F)cc1. The van der Waals surface area contributed by atoms with Crippen LogP contribution in [0.2, 0.25) is 0 Å². The molecule has 2 rings (SSSR count). The third-order valence-electron chi connectivity index (χ3n) is 3.08. The lowest BCUT2D eigenvalue weighted by Crippen LogP contribution is -2.34. The summed E-state index contributed by atoms with van der Waals surface area (Å²) >= 11 is 1.68. The molecule has 0 saturated heterocycles. The third kappa shape index (κ3) is 7.95. The molecule has 1 aromatic heterocycles. The van der Waals surface area contributed by atoms with E-state index in [1.807, 2.05) is 17.5 Å². The molecule has 0 spiro atoms. The summed E-state index contributed by atoms with van der Waals surface area (Å²) in [5.74, 6) is 0.695. The number of halogens is 4. The minimum Gasteiger partial charge on any atom is -0.492 e. The van der Waals surface area contributed by atoms with E-state index in [1.54, 1.807) is 11.3 Å². The summed E-state index contributed by atoms with van der Waals surface area (Å²) in [6.07, 6.45) is -3.50. The van der Waals surface area contributed by atoms with E-state index in [0.717, 1.165) is 18.6 Å². The van der Waals surface area contributed by atoms with E-state index in [-0.39, 0.29) is 30.6 Å². The first-order valence-electron chi connectivity index (χ1n) is 7.31. The van der Waals surface area contributed by atoms with Gasteiger partial charge in [-0.3, -0.25) is 4.99 Å². The van der Waals surface area contributed by atoms with Crippen LogP contribution >= 0.6 is 35.3 Å². The van der Waals surface area contributed by atoms with Crippen LogP contribution in [0.5, 0.6) is 5.75 Å². The molecule has 2 aromatic rings. The van der Waals surface area contributed by atoms with Crippen molar-refractivity contribution in [2.24, 2.45) is 10.7 Å². The monoisotopic (exact) mass is 485 g/mol. The normalized spacial score (nSPS) is 11.7. The first-order chi connectivity index (χ1) is 11.4. The molecule has 0 aliphatic carbocycles. The zero-order valence-electron chi connectivity index (χ0n) is 13.3. The average Bonchev–Trinajstić information content (AvgIpc) is 3.04. The number of thiophene rings is 1. The number of guanidine groups is 1. The van der Waals surface area contributed by atoms with Crippen molar-refractivity contribution in [2.75, 3.05) is 19.7 Å². The van der Waals surface area contributed by atoms with E-state index in [4.69, 9.17) is 10.5 Å². The molecule has 0 saturated carbocycles. The lowest BCUT2D eigenvalue weighted by atomic mass is 10.2. The van der Waals surface area contributed by atoms with Gasteiger partial charge in [0, 0.05) is 17.8 Å². The molecule has 0 unspecified atom stereocenters. The summed E-state index contributed by atoms with van der Waals surface area (Å²) in [6.45, 7) is 1.28. The van der Waals surface area contributed by atoms with Gasteiger partial charge in [-0.25, -0.2) is 0 Å². The highest BCUT2D eigenvalue weighted by Gasteiger charge is 2.29. The highest BCUT2D eigenvalue weighted by Crippen LogP contribution is 2.30. The van der Waals surface area contributed by atoms with Crippen molar-refractivity contribution in [3.05, 3.63) is 52.2 Å². The van der Waals surface area contributed by atoms with Crippen LogP contribution in [0.3, 0.4) is 0 Å². The van der Waals surface area contributed by atoms with Crippen molar-refractivity contribution in [2.45, 2.75) is 12.6 Å². The number of nitrogens with two attached hydrogens (primary N) is 1. The molecule has 4 nitrogen and oxygen atoms in total. The largest absolute Gasteiger partial charge is 0.492 e. The van der Waals surface area contributed by atoms with E-state index in [1.165, 1.54) is 17.0 Å². The van der Waals surface area contributed by atoms with Crippen molar-refractivity contribution < 1.29 is 17.9 Å². The number of hydrogen-bond donors (Lipinski definition) is 2. The molecule has 0 atom stereocenters. The van der Waals surface area contributed by atoms with Crippen molar-refractivity contribution in [1.82, 2.24) is 5.32 Å². The zero-order valence-corrected chi connectivity index (χ0v) is 16.4. The molecule has 138 valence electrons. The summed E-state index contributed by atoms with van der Waals surface area (Å²) in [6, 6.07) is 8.60. The molecular weight excluding hydrogens is 466 g/mol. The minimum absolute atomic E-state index is 0. The van der Waals surface area contributed by atoms with Crippen molar-refractivity contribution in [1.29, 1.82) is 0 Å². The highest BCUT2D eigenvalue weighted by atomic mass is 127. The van der Waals surface area contributed by atoms with Gasteiger partial charge in [0.2, 0.25) is 0 Å². The fourth-order valence-corrected chi connectivity index (χ4v) is 2.58. The van der Waals surface area contributed by atoms with Crippen molar-refractivity contribution in [3.8, 4) is 5.75 Å². The van der Waals surface area contributed by atoms with Gasteiger partial charge in [-0.05, 0) is 35.7 Å². The summed E-state index contributed by atoms with van der Waals surface area (Å²) in [5.41, 5.74) is 5.02. The van der Waals surface area contributed by atoms with E-state index >= 15 is 0 Å². The van der Waals surface area contributed by atoms with Crippen LogP contribution in [-0.4, -0.2) is 25.7 Å². The molecule has 0 aliphatic rings. The predicted octanol–water partition coefficient (Wildman–Crippen LogP) is 3.91. The smallest absolute Gasteiger partial charge is 0.416 e. The fourth-order valence-electron chi connectivity index (χ4n) is 1.89. The number of rotatable bonds is 7. The molecule has 0 amide bonds. The van der Waals surface area contributed by atoms with Gasteiger partial charge in [-0.2, -0.15) is 13.2 Å². The number of ether oxygens (including phenoxy) is 1. The molecule has 1 aromatic carbocycles. The standard InChI is InChI=1S/C16H18F3N3OS.HI/c17-16(18,19)12-3-5-13(6-4-12)23-10-9-22-15(20)21-8-7-14-2-1-11-24-14;/h1-6,11H,7-10H2,(H3,20,21,22);1H. The Kier molecular flexibility index (Phi) is 9.04. The number of benzene rings is 1. The van der Waals surface area contributed by atoms with Crippen LogP contribution in [0.15, 0.2) is 46.8 Å². The molecule has 9 heteroatoms. The van der Waals surface area contributed by atoms with Crippen LogP contribution < -0.4 is 15.8 Å². The zero-order chi connectivity index (χ0) is 17.4. The van der Waals surface area contributed by atoms with E-state index in [9.17, 15) is 13.2 Å². The summed E-state index contributed by atoms with van der Waals surface area (Å²) in [5, 5.41) is 4.91. The second kappa shape index (κ2) is 10.5. The van der Waals surface area contributed by atoms with Gasteiger partial charge in [0.05, 0.1) is 12.1 Å². The lowest BCUT2D eigenvalue weighted by molar-refractivity contribution is -0.137. The van der Waals surface area contributed by atoms with Crippen molar-refractivity contribution >= 4 is 41.3 Å². The third-order valence-corrected chi connectivity index (χ3v) is 4.02. The number of aliphatic imine (C=N–C) groups is 1. The Labute approximate surface area is 165 Å². The Morgan fingerprint density at radius 1 is 1.20 bits per heavy atom. The number of hydrogen-bond acceptors (Lipinski definition) is 3. The molecule has 0 radical (unpaired) electrons. The van der Waals surface area contributed by atoms with E-state index in [2.05, 4.69) is 10.3 Å². The Morgan fingerprint density at radius 3 is 2.52 bits per heavy atom. The van der Waals surface area contributed by atoms with Crippen LogP contribution in [0, 0.1) is 0 Å². The quantitative estimate of drug-likeness (QED) is 0.271. The predicted molar refractivity (Wildman–Crippen MR) is 105 cm³/mol. The van der Waals surface area contributed by atoms with Gasteiger partial charge in [-0.15, -0.1) is 35.3 Å².